The maximum atomic E-state index is 4.29. The first-order chi connectivity index (χ1) is 5.54. The summed E-state index contributed by atoms with van der Waals surface area (Å²) in [7, 11) is 0. The van der Waals surface area contributed by atoms with Crippen LogP contribution in [0.1, 0.15) is 27.2 Å². The molecule has 0 aromatic heterocycles. The SMILES string of the molecule is CC(C)(C)C1=CCC(CS)C=C1. The molecule has 0 N–H and O–H groups in total. The van der Waals surface area contributed by atoms with Gasteiger partial charge in [0.15, 0.2) is 0 Å². The molecule has 0 spiro atoms. The van der Waals surface area contributed by atoms with Gasteiger partial charge in [0.1, 0.15) is 0 Å². The summed E-state index contributed by atoms with van der Waals surface area (Å²) in [6.45, 7) is 6.76. The molecule has 0 saturated heterocycles. The molecule has 12 heavy (non-hydrogen) atoms. The molecule has 1 rings (SSSR count). The Hall–Kier alpha value is -0.170. The quantitative estimate of drug-likeness (QED) is 0.590. The second-order valence-electron chi connectivity index (χ2n) is 4.45. The van der Waals surface area contributed by atoms with E-state index in [0.717, 1.165) is 12.2 Å². The maximum Gasteiger partial charge on any atom is -0.00317 e. The summed E-state index contributed by atoms with van der Waals surface area (Å²) in [5.41, 5.74) is 1.76. The van der Waals surface area contributed by atoms with Crippen LogP contribution >= 0.6 is 12.6 Å². The van der Waals surface area contributed by atoms with Crippen LogP contribution in [0.15, 0.2) is 23.8 Å². The lowest BCUT2D eigenvalue weighted by atomic mass is 9.82. The highest BCUT2D eigenvalue weighted by atomic mass is 32.1. The van der Waals surface area contributed by atoms with Gasteiger partial charge in [-0.25, -0.2) is 0 Å². The second kappa shape index (κ2) is 3.69. The average Bonchev–Trinajstić information content (AvgIpc) is 2.03. The summed E-state index contributed by atoms with van der Waals surface area (Å²) in [6, 6.07) is 0. The van der Waals surface area contributed by atoms with E-state index in [-0.39, 0.29) is 0 Å². The van der Waals surface area contributed by atoms with Crippen molar-refractivity contribution in [2.24, 2.45) is 11.3 Å². The van der Waals surface area contributed by atoms with E-state index in [9.17, 15) is 0 Å². The Labute approximate surface area is 81.2 Å². The van der Waals surface area contributed by atoms with Gasteiger partial charge in [-0.2, -0.15) is 12.6 Å². The Kier molecular flexibility index (Phi) is 3.05. The van der Waals surface area contributed by atoms with Crippen molar-refractivity contribution in [3.63, 3.8) is 0 Å². The lowest BCUT2D eigenvalue weighted by Gasteiger charge is -2.24. The largest absolute Gasteiger partial charge is 0.179 e. The lowest BCUT2D eigenvalue weighted by molar-refractivity contribution is 0.507. The number of hydrogen-bond donors (Lipinski definition) is 1. The number of rotatable bonds is 1. The molecule has 1 aliphatic rings. The van der Waals surface area contributed by atoms with Crippen molar-refractivity contribution in [2.75, 3.05) is 5.75 Å². The fourth-order valence-corrected chi connectivity index (χ4v) is 1.63. The maximum absolute atomic E-state index is 4.29. The molecular formula is C11H18S. The first-order valence-electron chi connectivity index (χ1n) is 4.53. The van der Waals surface area contributed by atoms with Crippen molar-refractivity contribution in [3.05, 3.63) is 23.8 Å². The van der Waals surface area contributed by atoms with Crippen molar-refractivity contribution < 1.29 is 0 Å². The van der Waals surface area contributed by atoms with Crippen LogP contribution in [0.2, 0.25) is 0 Å². The van der Waals surface area contributed by atoms with Crippen molar-refractivity contribution in [2.45, 2.75) is 27.2 Å². The minimum atomic E-state index is 0.304. The molecule has 0 aromatic carbocycles. The van der Waals surface area contributed by atoms with Crippen LogP contribution < -0.4 is 0 Å². The first-order valence-corrected chi connectivity index (χ1v) is 5.17. The molecule has 1 heteroatoms. The van der Waals surface area contributed by atoms with Gasteiger partial charge in [0.2, 0.25) is 0 Å². The third-order valence-corrected chi connectivity index (χ3v) is 2.76. The fraction of sp³-hybridized carbons (Fsp3) is 0.636. The van der Waals surface area contributed by atoms with Gasteiger partial charge in [0.25, 0.3) is 0 Å². The van der Waals surface area contributed by atoms with E-state index in [1.54, 1.807) is 0 Å². The lowest BCUT2D eigenvalue weighted by Crippen LogP contribution is -2.11. The molecule has 0 bridgehead atoms. The predicted octanol–water partition coefficient (Wildman–Crippen LogP) is 3.46. The smallest absolute Gasteiger partial charge is 0.00317 e. The molecule has 0 heterocycles. The summed E-state index contributed by atoms with van der Waals surface area (Å²) >= 11 is 4.29. The molecule has 0 amide bonds. The molecule has 0 fully saturated rings. The van der Waals surface area contributed by atoms with E-state index in [1.165, 1.54) is 5.57 Å². The van der Waals surface area contributed by atoms with Gasteiger partial charge in [-0.3, -0.25) is 0 Å². The standard InChI is InChI=1S/C11H18S/c1-11(2,3)10-6-4-9(8-12)5-7-10/h4,6-7,9,12H,5,8H2,1-3H3. The Morgan fingerprint density at radius 1 is 1.50 bits per heavy atom. The van der Waals surface area contributed by atoms with Gasteiger partial charge in [-0.1, -0.05) is 39.0 Å². The van der Waals surface area contributed by atoms with Crippen LogP contribution in [0.5, 0.6) is 0 Å². The highest BCUT2D eigenvalue weighted by molar-refractivity contribution is 7.80. The third-order valence-electron chi connectivity index (χ3n) is 2.29. The third kappa shape index (κ3) is 2.41. The number of allylic oxidation sites excluding steroid dienone is 4. The van der Waals surface area contributed by atoms with Crippen molar-refractivity contribution in [3.8, 4) is 0 Å². The van der Waals surface area contributed by atoms with Gasteiger partial charge in [0.05, 0.1) is 0 Å². The molecular weight excluding hydrogens is 164 g/mol. The predicted molar refractivity (Wildman–Crippen MR) is 58.6 cm³/mol. The Morgan fingerprint density at radius 3 is 2.50 bits per heavy atom. The summed E-state index contributed by atoms with van der Waals surface area (Å²) in [5, 5.41) is 0. The Morgan fingerprint density at radius 2 is 2.17 bits per heavy atom. The second-order valence-corrected chi connectivity index (χ2v) is 4.81. The first kappa shape index (κ1) is 9.91. The number of thiol groups is 1. The zero-order valence-corrected chi connectivity index (χ0v) is 9.07. The molecule has 0 aliphatic heterocycles. The van der Waals surface area contributed by atoms with E-state index in [0.29, 0.717) is 11.3 Å². The fourth-order valence-electron chi connectivity index (χ4n) is 1.36. The summed E-state index contributed by atoms with van der Waals surface area (Å²) < 4.78 is 0. The normalized spacial score (nSPS) is 24.0. The van der Waals surface area contributed by atoms with E-state index in [4.69, 9.17) is 0 Å². The molecule has 1 atom stereocenters. The summed E-state index contributed by atoms with van der Waals surface area (Å²) in [4.78, 5) is 0. The van der Waals surface area contributed by atoms with E-state index in [1.807, 2.05) is 0 Å². The van der Waals surface area contributed by atoms with Crippen LogP contribution in [0.3, 0.4) is 0 Å². The molecule has 0 nitrogen and oxygen atoms in total. The van der Waals surface area contributed by atoms with Gasteiger partial charge in [-0.15, -0.1) is 0 Å². The highest BCUT2D eigenvalue weighted by Gasteiger charge is 2.17. The highest BCUT2D eigenvalue weighted by Crippen LogP contribution is 2.30. The van der Waals surface area contributed by atoms with Crippen LogP contribution in [0.25, 0.3) is 0 Å². The molecule has 68 valence electrons. The molecule has 0 saturated carbocycles. The Bertz CT molecular complexity index is 206. The minimum Gasteiger partial charge on any atom is -0.179 e. The zero-order valence-electron chi connectivity index (χ0n) is 8.17. The van der Waals surface area contributed by atoms with Crippen LogP contribution in [-0.4, -0.2) is 5.75 Å². The Balaban J connectivity index is 2.64. The average molecular weight is 182 g/mol. The van der Waals surface area contributed by atoms with Crippen LogP contribution in [0, 0.1) is 11.3 Å². The summed E-state index contributed by atoms with van der Waals surface area (Å²) in [5.74, 6) is 1.61. The molecule has 1 aliphatic carbocycles. The monoisotopic (exact) mass is 182 g/mol. The molecule has 0 radical (unpaired) electrons. The zero-order chi connectivity index (χ0) is 9.19. The minimum absolute atomic E-state index is 0.304. The van der Waals surface area contributed by atoms with E-state index < -0.39 is 0 Å². The van der Waals surface area contributed by atoms with E-state index >= 15 is 0 Å². The molecule has 1 unspecified atom stereocenters. The van der Waals surface area contributed by atoms with Gasteiger partial charge >= 0.3 is 0 Å². The van der Waals surface area contributed by atoms with Crippen molar-refractivity contribution in [1.82, 2.24) is 0 Å². The van der Waals surface area contributed by atoms with Gasteiger partial charge < -0.3 is 0 Å². The van der Waals surface area contributed by atoms with E-state index in [2.05, 4.69) is 51.6 Å². The topological polar surface area (TPSA) is 0 Å². The van der Waals surface area contributed by atoms with Gasteiger partial charge in [0, 0.05) is 0 Å². The van der Waals surface area contributed by atoms with Crippen LogP contribution in [-0.2, 0) is 0 Å². The van der Waals surface area contributed by atoms with Crippen LogP contribution in [0.4, 0.5) is 0 Å². The van der Waals surface area contributed by atoms with Crippen molar-refractivity contribution in [1.29, 1.82) is 0 Å². The van der Waals surface area contributed by atoms with Gasteiger partial charge in [-0.05, 0) is 29.1 Å². The number of hydrogen-bond acceptors (Lipinski definition) is 1. The molecule has 0 aromatic rings. The van der Waals surface area contributed by atoms with Crippen molar-refractivity contribution >= 4 is 12.6 Å². The summed E-state index contributed by atoms with van der Waals surface area (Å²) in [6.07, 6.45) is 8.05.